The smallest absolute Gasteiger partial charge is 0.260 e. The number of benzene rings is 4. The Balaban J connectivity index is 1.60. The van der Waals surface area contributed by atoms with Crippen LogP contribution in [-0.2, 0) is 0 Å². The van der Waals surface area contributed by atoms with E-state index >= 15 is 0 Å². The molecular formula is C26H21NO3. The number of hydrogen-bond acceptors (Lipinski definition) is 3. The predicted octanol–water partition coefficient (Wildman–Crippen LogP) is 5.72. The number of nitrogens with one attached hydrogen (secondary N) is 1. The molecule has 1 amide bonds. The van der Waals surface area contributed by atoms with Gasteiger partial charge < -0.3 is 10.1 Å². The minimum Gasteiger partial charge on any atom is -0.493 e. The maximum absolute atomic E-state index is 13.1. The quantitative estimate of drug-likeness (QED) is 0.425. The van der Waals surface area contributed by atoms with Gasteiger partial charge in [-0.25, -0.2) is 0 Å². The van der Waals surface area contributed by atoms with Crippen LogP contribution in [0.1, 0.15) is 33.2 Å². The summed E-state index contributed by atoms with van der Waals surface area (Å²) in [5, 5.41) is 4.72. The van der Waals surface area contributed by atoms with Crippen LogP contribution in [0.3, 0.4) is 0 Å². The lowest BCUT2D eigenvalue weighted by Crippen LogP contribution is -2.14. The van der Waals surface area contributed by atoms with Gasteiger partial charge in [-0.05, 0) is 48.0 Å². The Bertz CT molecular complexity index is 1200. The number of carbonyl (C=O) groups is 2. The highest BCUT2D eigenvalue weighted by Crippen LogP contribution is 2.29. The first kappa shape index (κ1) is 19.4. The van der Waals surface area contributed by atoms with Gasteiger partial charge in [0, 0.05) is 16.8 Å². The molecule has 4 aromatic carbocycles. The van der Waals surface area contributed by atoms with Crippen molar-refractivity contribution in [2.45, 2.75) is 6.92 Å². The van der Waals surface area contributed by atoms with Crippen LogP contribution in [0.5, 0.6) is 5.75 Å². The van der Waals surface area contributed by atoms with Crippen molar-refractivity contribution in [2.24, 2.45) is 0 Å². The molecule has 0 spiro atoms. The first-order chi connectivity index (χ1) is 14.7. The molecule has 0 bridgehead atoms. The van der Waals surface area contributed by atoms with E-state index in [-0.39, 0.29) is 11.7 Å². The molecule has 4 nitrogen and oxygen atoms in total. The number of carbonyl (C=O) groups excluding carboxylic acids is 2. The van der Waals surface area contributed by atoms with Gasteiger partial charge >= 0.3 is 0 Å². The van der Waals surface area contributed by atoms with Gasteiger partial charge in [-0.15, -0.1) is 0 Å². The molecule has 0 saturated carbocycles. The van der Waals surface area contributed by atoms with Crippen LogP contribution in [0.15, 0.2) is 91.0 Å². The fourth-order valence-corrected chi connectivity index (χ4v) is 3.42. The molecule has 1 N–H and O–H groups in total. The second-order valence-electron chi connectivity index (χ2n) is 6.82. The highest BCUT2D eigenvalue weighted by molar-refractivity contribution is 6.15. The fraction of sp³-hybridized carbons (Fsp3) is 0.0769. The lowest BCUT2D eigenvalue weighted by molar-refractivity contribution is 0.102. The summed E-state index contributed by atoms with van der Waals surface area (Å²) in [5.74, 6) is 0.239. The summed E-state index contributed by atoms with van der Waals surface area (Å²) in [6, 6.07) is 27.5. The Morgan fingerprint density at radius 3 is 2.17 bits per heavy atom. The lowest BCUT2D eigenvalue weighted by Gasteiger charge is -2.14. The Labute approximate surface area is 175 Å². The Kier molecular flexibility index (Phi) is 5.57. The van der Waals surface area contributed by atoms with E-state index in [2.05, 4.69) is 5.32 Å². The molecule has 4 aromatic rings. The molecule has 0 heterocycles. The molecule has 0 radical (unpaired) electrons. The molecule has 0 aromatic heterocycles. The number of ketones is 1. The van der Waals surface area contributed by atoms with Crippen LogP contribution in [0.2, 0.25) is 0 Å². The van der Waals surface area contributed by atoms with Crippen molar-refractivity contribution in [3.8, 4) is 5.75 Å². The van der Waals surface area contributed by atoms with Crippen molar-refractivity contribution in [3.05, 3.63) is 108 Å². The highest BCUT2D eigenvalue weighted by Gasteiger charge is 2.17. The van der Waals surface area contributed by atoms with E-state index in [9.17, 15) is 9.59 Å². The van der Waals surface area contributed by atoms with Gasteiger partial charge in [0.1, 0.15) is 5.75 Å². The van der Waals surface area contributed by atoms with Gasteiger partial charge in [0.2, 0.25) is 0 Å². The average Bonchev–Trinajstić information content (AvgIpc) is 2.79. The minimum atomic E-state index is -0.252. The molecule has 0 aliphatic rings. The molecule has 0 saturated heterocycles. The number of hydrogen-bond donors (Lipinski definition) is 1. The molecule has 4 rings (SSSR count). The van der Waals surface area contributed by atoms with Crippen LogP contribution in [0.4, 0.5) is 5.69 Å². The summed E-state index contributed by atoms with van der Waals surface area (Å²) >= 11 is 0. The Hall–Kier alpha value is -3.92. The van der Waals surface area contributed by atoms with E-state index in [0.29, 0.717) is 34.7 Å². The van der Waals surface area contributed by atoms with Gasteiger partial charge in [0.25, 0.3) is 5.91 Å². The van der Waals surface area contributed by atoms with Crippen molar-refractivity contribution in [1.29, 1.82) is 0 Å². The molecular weight excluding hydrogens is 374 g/mol. The monoisotopic (exact) mass is 395 g/mol. The number of ether oxygens (including phenoxy) is 1. The number of fused-ring (bicyclic) bond motifs is 1. The molecule has 0 unspecified atom stereocenters. The maximum atomic E-state index is 13.1. The van der Waals surface area contributed by atoms with Crippen molar-refractivity contribution in [1.82, 2.24) is 0 Å². The van der Waals surface area contributed by atoms with Crippen molar-refractivity contribution >= 4 is 28.2 Å². The van der Waals surface area contributed by atoms with Crippen LogP contribution in [-0.4, -0.2) is 18.3 Å². The van der Waals surface area contributed by atoms with Gasteiger partial charge in [-0.2, -0.15) is 0 Å². The van der Waals surface area contributed by atoms with Gasteiger partial charge in [0.05, 0.1) is 12.2 Å². The fourth-order valence-electron chi connectivity index (χ4n) is 3.42. The third-order valence-electron chi connectivity index (χ3n) is 4.86. The molecule has 4 heteroatoms. The normalized spacial score (nSPS) is 10.6. The van der Waals surface area contributed by atoms with Gasteiger partial charge in [-0.1, -0.05) is 60.7 Å². The van der Waals surface area contributed by atoms with E-state index < -0.39 is 0 Å². The number of anilines is 1. The number of rotatable bonds is 6. The zero-order chi connectivity index (χ0) is 20.9. The van der Waals surface area contributed by atoms with Crippen molar-refractivity contribution < 1.29 is 14.3 Å². The summed E-state index contributed by atoms with van der Waals surface area (Å²) < 4.78 is 5.70. The van der Waals surface area contributed by atoms with E-state index in [0.717, 1.165) is 10.8 Å². The lowest BCUT2D eigenvalue weighted by atomic mass is 10.0. The second-order valence-corrected chi connectivity index (χ2v) is 6.82. The first-order valence-corrected chi connectivity index (χ1v) is 9.83. The number of amides is 1. The maximum Gasteiger partial charge on any atom is 0.260 e. The first-order valence-electron chi connectivity index (χ1n) is 9.83. The SMILES string of the molecule is CCOc1ccc2ccccc2c1C(=O)Nc1ccc(C(=O)c2ccccc2)cc1. The largest absolute Gasteiger partial charge is 0.493 e. The second kappa shape index (κ2) is 8.62. The molecule has 30 heavy (non-hydrogen) atoms. The Morgan fingerprint density at radius 1 is 0.767 bits per heavy atom. The minimum absolute atomic E-state index is 0.0545. The topological polar surface area (TPSA) is 55.4 Å². The van der Waals surface area contributed by atoms with Crippen molar-refractivity contribution in [3.63, 3.8) is 0 Å². The van der Waals surface area contributed by atoms with E-state index in [4.69, 9.17) is 4.74 Å². The van der Waals surface area contributed by atoms with Gasteiger partial charge in [0.15, 0.2) is 5.78 Å². The molecule has 0 aliphatic carbocycles. The van der Waals surface area contributed by atoms with Crippen LogP contribution in [0, 0.1) is 0 Å². The average molecular weight is 395 g/mol. The summed E-state index contributed by atoms with van der Waals surface area (Å²) in [6.07, 6.45) is 0. The summed E-state index contributed by atoms with van der Waals surface area (Å²) in [5.41, 5.74) is 2.31. The van der Waals surface area contributed by atoms with Crippen molar-refractivity contribution in [2.75, 3.05) is 11.9 Å². The third-order valence-corrected chi connectivity index (χ3v) is 4.86. The zero-order valence-corrected chi connectivity index (χ0v) is 16.6. The highest BCUT2D eigenvalue weighted by atomic mass is 16.5. The van der Waals surface area contributed by atoms with E-state index in [1.54, 1.807) is 36.4 Å². The summed E-state index contributed by atoms with van der Waals surface area (Å²) in [7, 11) is 0. The Morgan fingerprint density at radius 2 is 1.43 bits per heavy atom. The van der Waals surface area contributed by atoms with E-state index in [1.165, 1.54) is 0 Å². The van der Waals surface area contributed by atoms with Crippen LogP contribution >= 0.6 is 0 Å². The molecule has 0 aliphatic heterocycles. The summed E-state index contributed by atoms with van der Waals surface area (Å²) in [4.78, 5) is 25.7. The van der Waals surface area contributed by atoms with Gasteiger partial charge in [-0.3, -0.25) is 9.59 Å². The molecule has 0 atom stereocenters. The van der Waals surface area contributed by atoms with E-state index in [1.807, 2.05) is 61.5 Å². The predicted molar refractivity (Wildman–Crippen MR) is 119 cm³/mol. The van der Waals surface area contributed by atoms with Crippen LogP contribution < -0.4 is 10.1 Å². The molecule has 148 valence electrons. The summed E-state index contributed by atoms with van der Waals surface area (Å²) in [6.45, 7) is 2.36. The third kappa shape index (κ3) is 3.94. The zero-order valence-electron chi connectivity index (χ0n) is 16.6. The molecule has 0 fully saturated rings. The standard InChI is InChI=1S/C26H21NO3/c1-2-30-23-17-14-18-8-6-7-11-22(18)24(23)26(29)27-21-15-12-20(13-16-21)25(28)19-9-4-3-5-10-19/h3-17H,2H2,1H3,(H,27,29). The van der Waals surface area contributed by atoms with Crippen LogP contribution in [0.25, 0.3) is 10.8 Å².